The Morgan fingerprint density at radius 3 is 2.77 bits per heavy atom. The number of benzene rings is 1. The number of Topliss-reactive ketones (excluding diaryl/α,β-unsaturated/α-hetero) is 1. The van der Waals surface area contributed by atoms with Gasteiger partial charge in [0.1, 0.15) is 0 Å². The monoisotopic (exact) mass is 348 g/mol. The summed E-state index contributed by atoms with van der Waals surface area (Å²) < 4.78 is 0. The topological polar surface area (TPSA) is 44.1 Å². The van der Waals surface area contributed by atoms with Gasteiger partial charge < -0.3 is 0 Å². The number of carbonyl (C=O) groups is 1. The van der Waals surface area contributed by atoms with Crippen LogP contribution in [0.1, 0.15) is 50.7 Å². The van der Waals surface area contributed by atoms with Crippen LogP contribution in [-0.4, -0.2) is 23.8 Å². The highest BCUT2D eigenvalue weighted by Gasteiger charge is 2.14. The lowest BCUT2D eigenvalue weighted by molar-refractivity contribution is -0.115. The average Bonchev–Trinajstić information content (AvgIpc) is 2.82. The highest BCUT2D eigenvalue weighted by Crippen LogP contribution is 2.22. The summed E-state index contributed by atoms with van der Waals surface area (Å²) >= 11 is 0. The van der Waals surface area contributed by atoms with Crippen LogP contribution in [0.5, 0.6) is 0 Å². The van der Waals surface area contributed by atoms with Gasteiger partial charge in [0, 0.05) is 31.6 Å². The van der Waals surface area contributed by atoms with E-state index in [0.29, 0.717) is 12.0 Å². The fraction of sp³-hybridized carbons (Fsp3) is 0.391. The number of carbonyl (C=O) groups excluding carboxylic acids is 1. The summed E-state index contributed by atoms with van der Waals surface area (Å²) in [6, 6.07) is 10.1. The Morgan fingerprint density at radius 1 is 1.31 bits per heavy atom. The molecule has 26 heavy (non-hydrogen) atoms. The second-order valence-corrected chi connectivity index (χ2v) is 6.88. The molecule has 0 N–H and O–H groups in total. The van der Waals surface area contributed by atoms with Crippen LogP contribution >= 0.6 is 0 Å². The molecule has 0 unspecified atom stereocenters. The number of hydrogen-bond acceptors (Lipinski definition) is 3. The molecule has 1 aromatic rings. The number of hydrogen-bond donors (Lipinski definition) is 0. The zero-order valence-electron chi connectivity index (χ0n) is 15.9. The Morgan fingerprint density at radius 2 is 2.04 bits per heavy atom. The van der Waals surface area contributed by atoms with Crippen LogP contribution in [0.25, 0.3) is 0 Å². The van der Waals surface area contributed by atoms with Gasteiger partial charge in [0.15, 0.2) is 5.78 Å². The SMILES string of the molecule is C=C(/C=C\C1=C(C)CCN(Cc2ccccc2C#N)CC1)C(=O)CCC. The predicted octanol–water partition coefficient (Wildman–Crippen LogP) is 4.95. The third-order valence-corrected chi connectivity index (χ3v) is 4.90. The van der Waals surface area contributed by atoms with Crippen molar-refractivity contribution in [2.45, 2.75) is 46.1 Å². The fourth-order valence-electron chi connectivity index (χ4n) is 3.16. The average molecular weight is 348 g/mol. The molecule has 0 spiro atoms. The summed E-state index contributed by atoms with van der Waals surface area (Å²) in [6.07, 6.45) is 7.31. The summed E-state index contributed by atoms with van der Waals surface area (Å²) in [5, 5.41) is 9.27. The minimum absolute atomic E-state index is 0.130. The van der Waals surface area contributed by atoms with Gasteiger partial charge in [-0.2, -0.15) is 5.26 Å². The fourth-order valence-corrected chi connectivity index (χ4v) is 3.16. The van der Waals surface area contributed by atoms with Crippen LogP contribution in [0.4, 0.5) is 0 Å². The first kappa shape index (κ1) is 19.9. The van der Waals surface area contributed by atoms with Crippen molar-refractivity contribution in [1.82, 2.24) is 4.90 Å². The Balaban J connectivity index is 1.99. The van der Waals surface area contributed by atoms with Crippen molar-refractivity contribution in [3.05, 3.63) is 70.8 Å². The summed E-state index contributed by atoms with van der Waals surface area (Å²) in [5.74, 6) is 0.130. The molecule has 3 heteroatoms. The van der Waals surface area contributed by atoms with Crippen LogP contribution in [-0.2, 0) is 11.3 Å². The zero-order valence-corrected chi connectivity index (χ0v) is 15.9. The van der Waals surface area contributed by atoms with Crippen molar-refractivity contribution < 1.29 is 4.79 Å². The van der Waals surface area contributed by atoms with E-state index in [1.54, 1.807) is 0 Å². The molecule has 1 aliphatic rings. The quantitative estimate of drug-likeness (QED) is 0.517. The lowest BCUT2D eigenvalue weighted by Crippen LogP contribution is -2.24. The van der Waals surface area contributed by atoms with Gasteiger partial charge >= 0.3 is 0 Å². The zero-order chi connectivity index (χ0) is 18.9. The van der Waals surface area contributed by atoms with Gasteiger partial charge in [0.05, 0.1) is 11.6 Å². The van der Waals surface area contributed by atoms with Gasteiger partial charge in [0.25, 0.3) is 0 Å². The molecular weight excluding hydrogens is 320 g/mol. The van der Waals surface area contributed by atoms with Gasteiger partial charge in [-0.05, 0) is 43.4 Å². The molecule has 0 aliphatic carbocycles. The molecule has 2 rings (SSSR count). The lowest BCUT2D eigenvalue weighted by atomic mass is 10.0. The van der Waals surface area contributed by atoms with Gasteiger partial charge in [0.2, 0.25) is 0 Å². The van der Waals surface area contributed by atoms with Crippen LogP contribution in [0.15, 0.2) is 59.7 Å². The summed E-state index contributed by atoms with van der Waals surface area (Å²) in [6.45, 7) is 10.8. The normalized spacial score (nSPS) is 15.7. The largest absolute Gasteiger partial charge is 0.298 e. The van der Waals surface area contributed by atoms with E-state index in [4.69, 9.17) is 0 Å². The molecule has 3 nitrogen and oxygen atoms in total. The number of nitrogens with zero attached hydrogens (tertiary/aromatic N) is 2. The Labute approximate surface area is 157 Å². The first-order chi connectivity index (χ1) is 12.5. The van der Waals surface area contributed by atoms with Crippen molar-refractivity contribution in [2.24, 2.45) is 0 Å². The van der Waals surface area contributed by atoms with Gasteiger partial charge in [-0.25, -0.2) is 0 Å². The maximum Gasteiger partial charge on any atom is 0.162 e. The van der Waals surface area contributed by atoms with Crippen LogP contribution < -0.4 is 0 Å². The van der Waals surface area contributed by atoms with Crippen molar-refractivity contribution >= 4 is 5.78 Å². The van der Waals surface area contributed by atoms with E-state index >= 15 is 0 Å². The van der Waals surface area contributed by atoms with Gasteiger partial charge in [-0.15, -0.1) is 0 Å². The molecule has 1 aromatic carbocycles. The van der Waals surface area contributed by atoms with E-state index in [2.05, 4.69) is 30.5 Å². The van der Waals surface area contributed by atoms with E-state index in [0.717, 1.165) is 50.0 Å². The van der Waals surface area contributed by atoms with Crippen LogP contribution in [0.3, 0.4) is 0 Å². The predicted molar refractivity (Wildman–Crippen MR) is 107 cm³/mol. The number of nitriles is 1. The van der Waals surface area contributed by atoms with Crippen LogP contribution in [0.2, 0.25) is 0 Å². The molecule has 0 fully saturated rings. The Kier molecular flexibility index (Phi) is 7.56. The Bertz CT molecular complexity index is 765. The van der Waals surface area contributed by atoms with Gasteiger partial charge in [-0.3, -0.25) is 9.69 Å². The molecule has 0 saturated carbocycles. The molecule has 0 saturated heterocycles. The first-order valence-corrected chi connectivity index (χ1v) is 9.34. The summed E-state index contributed by atoms with van der Waals surface area (Å²) in [7, 11) is 0. The second-order valence-electron chi connectivity index (χ2n) is 6.88. The van der Waals surface area contributed by atoms with Crippen molar-refractivity contribution in [2.75, 3.05) is 13.1 Å². The smallest absolute Gasteiger partial charge is 0.162 e. The molecule has 1 heterocycles. The maximum absolute atomic E-state index is 11.9. The molecule has 0 bridgehead atoms. The standard InChI is InChI=1S/C23H28N2O/c1-4-7-23(26)19(3)10-11-20-13-15-25(14-12-18(20)2)17-22-9-6-5-8-21(22)16-24/h5-6,8-11H,3-4,7,12-15,17H2,1-2H3/b11-10-. The number of ketones is 1. The molecule has 0 aromatic heterocycles. The van der Waals surface area contributed by atoms with Crippen molar-refractivity contribution in [1.29, 1.82) is 5.26 Å². The summed E-state index contributed by atoms with van der Waals surface area (Å²) in [4.78, 5) is 14.3. The first-order valence-electron chi connectivity index (χ1n) is 9.34. The minimum Gasteiger partial charge on any atom is -0.298 e. The van der Waals surface area contributed by atoms with Crippen molar-refractivity contribution in [3.63, 3.8) is 0 Å². The van der Waals surface area contributed by atoms with E-state index in [1.807, 2.05) is 37.3 Å². The molecular formula is C23H28N2O. The molecule has 136 valence electrons. The molecule has 0 amide bonds. The molecule has 1 aliphatic heterocycles. The van der Waals surface area contributed by atoms with E-state index < -0.39 is 0 Å². The van der Waals surface area contributed by atoms with E-state index in [9.17, 15) is 10.1 Å². The molecule has 0 atom stereocenters. The number of rotatable bonds is 7. The van der Waals surface area contributed by atoms with Crippen LogP contribution in [0, 0.1) is 11.3 Å². The highest BCUT2D eigenvalue weighted by molar-refractivity contribution is 5.97. The third kappa shape index (κ3) is 5.54. The number of allylic oxidation sites excluding steroid dienone is 3. The maximum atomic E-state index is 11.9. The minimum atomic E-state index is 0.130. The van der Waals surface area contributed by atoms with E-state index in [-0.39, 0.29) is 5.78 Å². The highest BCUT2D eigenvalue weighted by atomic mass is 16.1. The lowest BCUT2D eigenvalue weighted by Gasteiger charge is -2.20. The second kappa shape index (κ2) is 9.89. The third-order valence-electron chi connectivity index (χ3n) is 4.90. The van der Waals surface area contributed by atoms with E-state index in [1.165, 1.54) is 11.1 Å². The Hall–Kier alpha value is -2.44. The van der Waals surface area contributed by atoms with Gasteiger partial charge in [-0.1, -0.05) is 49.4 Å². The van der Waals surface area contributed by atoms with Crippen molar-refractivity contribution in [3.8, 4) is 6.07 Å². The summed E-state index contributed by atoms with van der Waals surface area (Å²) in [5.41, 5.74) is 5.10. The molecule has 0 radical (unpaired) electrons.